The number of halogens is 4. The molecule has 1 saturated carbocycles. The highest BCUT2D eigenvalue weighted by Gasteiger charge is 2.35. The molecule has 1 N–H and O–H groups in total. The molecule has 0 saturated heterocycles. The Kier molecular flexibility index (Phi) is 7.84. The van der Waals surface area contributed by atoms with Crippen LogP contribution in [0.2, 0.25) is 5.02 Å². The average molecular weight is 543 g/mol. The lowest BCUT2D eigenvalue weighted by Crippen LogP contribution is -2.37. The van der Waals surface area contributed by atoms with Crippen molar-refractivity contribution in [3.05, 3.63) is 51.6 Å². The summed E-state index contributed by atoms with van der Waals surface area (Å²) in [6.45, 7) is -1.42. The molecule has 0 bridgehead atoms. The Balaban J connectivity index is 1.63. The van der Waals surface area contributed by atoms with Crippen molar-refractivity contribution in [2.75, 3.05) is 26.9 Å². The fourth-order valence-corrected chi connectivity index (χ4v) is 4.04. The third kappa shape index (κ3) is 6.28. The van der Waals surface area contributed by atoms with Crippen LogP contribution in [0.15, 0.2) is 45.6 Å². The molecule has 0 atom stereocenters. The number of alkyl halides is 3. The second-order valence-corrected chi connectivity index (χ2v) is 8.75. The molecule has 1 aliphatic rings. The molecule has 1 aliphatic carbocycles. The maximum atomic E-state index is 12.8. The summed E-state index contributed by atoms with van der Waals surface area (Å²) in [5.74, 6) is -1.44. The van der Waals surface area contributed by atoms with E-state index in [1.165, 1.54) is 37.4 Å². The number of aliphatic carboxylic acids is 1. The third-order valence-electron chi connectivity index (χ3n) is 5.77. The third-order valence-corrected chi connectivity index (χ3v) is 6.07. The Morgan fingerprint density at radius 1 is 1.11 bits per heavy atom. The van der Waals surface area contributed by atoms with Gasteiger partial charge >= 0.3 is 12.1 Å². The topological polar surface area (TPSA) is 104 Å². The molecule has 37 heavy (non-hydrogen) atoms. The minimum absolute atomic E-state index is 0.00989. The van der Waals surface area contributed by atoms with Gasteiger partial charge in [-0.1, -0.05) is 17.7 Å². The smallest absolute Gasteiger partial charge is 0.422 e. The van der Waals surface area contributed by atoms with Gasteiger partial charge in [0.1, 0.15) is 18.1 Å². The second kappa shape index (κ2) is 10.9. The zero-order chi connectivity index (χ0) is 26.7. The zero-order valence-electron chi connectivity index (χ0n) is 19.5. The molecule has 1 fully saturated rings. The molecule has 198 valence electrons. The van der Waals surface area contributed by atoms with Gasteiger partial charge in [0.25, 0.3) is 0 Å². The number of carboxylic acids is 1. The first kappa shape index (κ1) is 26.6. The Labute approximate surface area is 213 Å². The molecule has 0 radical (unpaired) electrons. The predicted molar refractivity (Wildman–Crippen MR) is 127 cm³/mol. The highest BCUT2D eigenvalue weighted by Crippen LogP contribution is 2.41. The van der Waals surface area contributed by atoms with Crippen LogP contribution in [-0.4, -0.2) is 50.3 Å². The van der Waals surface area contributed by atoms with Crippen molar-refractivity contribution in [2.45, 2.75) is 25.1 Å². The predicted octanol–water partition coefficient (Wildman–Crippen LogP) is 5.32. The molecule has 3 aromatic rings. The first-order valence-electron chi connectivity index (χ1n) is 11.2. The molecule has 2 aromatic carbocycles. The molecule has 0 amide bonds. The molecule has 1 heterocycles. The first-order chi connectivity index (χ1) is 17.6. The van der Waals surface area contributed by atoms with Gasteiger partial charge in [-0.15, -0.1) is 0 Å². The normalized spacial score (nSPS) is 17.3. The van der Waals surface area contributed by atoms with Crippen LogP contribution in [0.25, 0.3) is 22.3 Å². The number of ether oxygens (including phenoxy) is 4. The number of para-hydroxylation sites is 1. The van der Waals surface area contributed by atoms with Crippen LogP contribution in [0.5, 0.6) is 17.2 Å². The summed E-state index contributed by atoms with van der Waals surface area (Å²) in [6, 6.07) is 8.39. The lowest BCUT2D eigenvalue weighted by molar-refractivity contribution is -0.153. The van der Waals surface area contributed by atoms with Crippen molar-refractivity contribution in [3.63, 3.8) is 0 Å². The van der Waals surface area contributed by atoms with E-state index >= 15 is 0 Å². The lowest BCUT2D eigenvalue weighted by Gasteiger charge is -2.32. The highest BCUT2D eigenvalue weighted by molar-refractivity contribution is 6.34. The van der Waals surface area contributed by atoms with Gasteiger partial charge in [-0.25, -0.2) is 0 Å². The number of benzene rings is 2. The largest absolute Gasteiger partial charge is 0.493 e. The summed E-state index contributed by atoms with van der Waals surface area (Å²) in [5, 5.41) is 9.37. The Bertz CT molecular complexity index is 1350. The minimum atomic E-state index is -4.60. The average Bonchev–Trinajstić information content (AvgIpc) is 2.81. The molecular formula is C25H22ClF3O8. The molecule has 1 aromatic heterocycles. The summed E-state index contributed by atoms with van der Waals surface area (Å²) in [6.07, 6.45) is -3.98. The first-order valence-corrected chi connectivity index (χ1v) is 11.5. The standard InChI is InChI=1S/C25H22ClF3O8/c1-33-21-11-19(35-6-5-34-14-7-13(8-14)24(31)32)16(9-22(21)36-12-25(27,28)29)20-10-18(30)15-3-2-4-17(26)23(15)37-20/h2-4,9-11,13-14H,5-8,12H2,1H3,(H,31,32)/t13-,14+. The summed E-state index contributed by atoms with van der Waals surface area (Å²) >= 11 is 6.20. The summed E-state index contributed by atoms with van der Waals surface area (Å²) in [7, 11) is 1.26. The van der Waals surface area contributed by atoms with E-state index < -0.39 is 30.1 Å². The van der Waals surface area contributed by atoms with Crippen LogP contribution < -0.4 is 19.6 Å². The zero-order valence-corrected chi connectivity index (χ0v) is 20.2. The molecule has 8 nitrogen and oxygen atoms in total. The van der Waals surface area contributed by atoms with E-state index in [2.05, 4.69) is 0 Å². The Morgan fingerprint density at radius 2 is 1.86 bits per heavy atom. The van der Waals surface area contributed by atoms with E-state index in [9.17, 15) is 22.8 Å². The maximum absolute atomic E-state index is 12.8. The van der Waals surface area contributed by atoms with Gasteiger partial charge in [-0.3, -0.25) is 9.59 Å². The van der Waals surface area contributed by atoms with Gasteiger partial charge in [0.2, 0.25) is 0 Å². The monoisotopic (exact) mass is 542 g/mol. The van der Waals surface area contributed by atoms with Crippen LogP contribution in [0.3, 0.4) is 0 Å². The van der Waals surface area contributed by atoms with Crippen LogP contribution >= 0.6 is 11.6 Å². The van der Waals surface area contributed by atoms with Gasteiger partial charge < -0.3 is 28.5 Å². The molecule has 0 unspecified atom stereocenters. The summed E-state index contributed by atoms with van der Waals surface area (Å²) in [5.41, 5.74) is -0.182. The van der Waals surface area contributed by atoms with E-state index in [0.717, 1.165) is 0 Å². The van der Waals surface area contributed by atoms with Crippen LogP contribution in [-0.2, 0) is 9.53 Å². The molecule has 4 rings (SSSR count). The fourth-order valence-electron chi connectivity index (χ4n) is 3.83. The maximum Gasteiger partial charge on any atom is 0.422 e. The van der Waals surface area contributed by atoms with E-state index in [4.69, 9.17) is 40.1 Å². The van der Waals surface area contributed by atoms with Gasteiger partial charge in [0.05, 0.1) is 41.7 Å². The number of rotatable bonds is 10. The van der Waals surface area contributed by atoms with E-state index in [-0.39, 0.29) is 63.9 Å². The van der Waals surface area contributed by atoms with Crippen molar-refractivity contribution in [1.82, 2.24) is 0 Å². The van der Waals surface area contributed by atoms with Crippen molar-refractivity contribution >= 4 is 28.5 Å². The summed E-state index contributed by atoms with van der Waals surface area (Å²) in [4.78, 5) is 23.7. The van der Waals surface area contributed by atoms with Crippen LogP contribution in [0, 0.1) is 5.92 Å². The summed E-state index contributed by atoms with van der Waals surface area (Å²) < 4.78 is 65.9. The molecule has 12 heteroatoms. The second-order valence-electron chi connectivity index (χ2n) is 8.34. The van der Waals surface area contributed by atoms with Crippen molar-refractivity contribution in [2.24, 2.45) is 5.92 Å². The SMILES string of the molecule is COc1cc(OCCO[C@H]2C[C@@H](C(=O)O)C2)c(-c2cc(=O)c3cccc(Cl)c3o2)cc1OCC(F)(F)F. The van der Waals surface area contributed by atoms with Crippen LogP contribution in [0.4, 0.5) is 13.2 Å². The number of carboxylic acid groups (broad SMARTS) is 1. The van der Waals surface area contributed by atoms with E-state index in [1.807, 2.05) is 0 Å². The van der Waals surface area contributed by atoms with E-state index in [1.54, 1.807) is 6.07 Å². The van der Waals surface area contributed by atoms with Crippen molar-refractivity contribution in [3.8, 4) is 28.6 Å². The van der Waals surface area contributed by atoms with Crippen molar-refractivity contribution < 1.29 is 46.4 Å². The fraction of sp³-hybridized carbons (Fsp3) is 0.360. The van der Waals surface area contributed by atoms with Gasteiger partial charge in [0.15, 0.2) is 29.1 Å². The lowest BCUT2D eigenvalue weighted by atomic mass is 9.82. The highest BCUT2D eigenvalue weighted by atomic mass is 35.5. The minimum Gasteiger partial charge on any atom is -0.493 e. The van der Waals surface area contributed by atoms with Crippen LogP contribution in [0.1, 0.15) is 12.8 Å². The molecular weight excluding hydrogens is 521 g/mol. The Hall–Kier alpha value is -3.44. The van der Waals surface area contributed by atoms with Gasteiger partial charge in [-0.2, -0.15) is 13.2 Å². The number of hydrogen-bond acceptors (Lipinski definition) is 7. The molecule has 0 aliphatic heterocycles. The molecule has 0 spiro atoms. The number of methoxy groups -OCH3 is 1. The number of fused-ring (bicyclic) bond motifs is 1. The van der Waals surface area contributed by atoms with Crippen molar-refractivity contribution in [1.29, 1.82) is 0 Å². The Morgan fingerprint density at radius 3 is 2.54 bits per heavy atom. The number of carbonyl (C=O) groups is 1. The number of hydrogen-bond donors (Lipinski definition) is 1. The quantitative estimate of drug-likeness (QED) is 0.343. The van der Waals surface area contributed by atoms with Gasteiger partial charge in [0, 0.05) is 12.1 Å². The van der Waals surface area contributed by atoms with Gasteiger partial charge in [-0.05, 0) is 31.0 Å². The van der Waals surface area contributed by atoms with E-state index in [0.29, 0.717) is 12.8 Å².